The van der Waals surface area contributed by atoms with Gasteiger partial charge in [-0.2, -0.15) is 39.5 Å². The van der Waals surface area contributed by atoms with Crippen LogP contribution in [0.3, 0.4) is 0 Å². The highest BCUT2D eigenvalue weighted by Crippen LogP contribution is 2.51. The number of nitrogens with zero attached hydrogens (tertiary/aromatic N) is 1. The average molecular weight is 722 g/mol. The molecule has 4 rings (SSSR count). The lowest BCUT2D eigenvalue weighted by Gasteiger charge is -2.33. The molecule has 1 N–H and O–H groups in total. The molecule has 0 amide bonds. The van der Waals surface area contributed by atoms with E-state index < -0.39 is 45.2 Å². The van der Waals surface area contributed by atoms with Gasteiger partial charge in [-0.1, -0.05) is 90.5 Å². The topological polar surface area (TPSA) is 32.7 Å². The molecule has 0 spiro atoms. The zero-order valence-corrected chi connectivity index (χ0v) is 26.5. The molecule has 0 unspecified atom stereocenters. The first-order valence-electron chi connectivity index (χ1n) is 14.4. The molecule has 14 heteroatoms. The smallest absolute Gasteiger partial charge is 0.430 e. The summed E-state index contributed by atoms with van der Waals surface area (Å²) in [5.74, 6) is -0.299. The van der Waals surface area contributed by atoms with E-state index in [1.807, 2.05) is 65.6 Å². The van der Waals surface area contributed by atoms with Gasteiger partial charge in [-0.05, 0) is 41.3 Å². The van der Waals surface area contributed by atoms with Crippen LogP contribution in [-0.4, -0.2) is 42.1 Å². The second-order valence-electron chi connectivity index (χ2n) is 11.0. The van der Waals surface area contributed by atoms with Crippen molar-refractivity contribution in [3.63, 3.8) is 0 Å². The van der Waals surface area contributed by atoms with Crippen molar-refractivity contribution >= 4 is 24.2 Å². The average Bonchev–Trinajstić information content (AvgIpc) is 3.01. The predicted octanol–water partition coefficient (Wildman–Crippen LogP) is 10.1. The summed E-state index contributed by atoms with van der Waals surface area (Å²) < 4.78 is 127. The lowest BCUT2D eigenvalue weighted by molar-refractivity contribution is -0.377. The fraction of sp³-hybridized carbons (Fsp3) is 0.294. The zero-order chi connectivity index (χ0) is 35.3. The summed E-state index contributed by atoms with van der Waals surface area (Å²) >= 11 is 9.99. The highest BCUT2D eigenvalue weighted by Gasteiger charge is 2.72. The van der Waals surface area contributed by atoms with Gasteiger partial charge in [0.05, 0.1) is 17.2 Å². The summed E-state index contributed by atoms with van der Waals surface area (Å²) in [5.41, 5.74) is -5.46. The van der Waals surface area contributed by atoms with Crippen molar-refractivity contribution in [2.24, 2.45) is 0 Å². The molecule has 258 valence electrons. The number of benzene rings is 4. The third kappa shape index (κ3) is 8.60. The van der Waals surface area contributed by atoms with Crippen LogP contribution in [0.2, 0.25) is 5.02 Å². The van der Waals surface area contributed by atoms with E-state index in [-0.39, 0.29) is 43.3 Å². The minimum atomic E-state index is -6.07. The summed E-state index contributed by atoms with van der Waals surface area (Å²) in [5, 5.41) is 9.30. The Hall–Kier alpha value is -3.39. The van der Waals surface area contributed by atoms with E-state index in [1.54, 1.807) is 0 Å². The second kappa shape index (κ2) is 15.0. The number of alkyl halides is 9. The standard InChI is InChI=1S/C34H29ClF9NO2S/c35-30-24(13-7-14-28(30)32(36,37)38)20-45(21-26(22-9-3-1-4-10-22)23-11-5-2-6-12-23)17-8-18-47-25-15-16-27(29(48)19-25)31(46,33(39,40)41)34(42,43)44/h1-7,9-16,19,26,46,48H,8,17-18,20-21H2. The van der Waals surface area contributed by atoms with Gasteiger partial charge in [0.1, 0.15) is 5.75 Å². The van der Waals surface area contributed by atoms with Crippen LogP contribution < -0.4 is 4.74 Å². The Balaban J connectivity index is 1.56. The Morgan fingerprint density at radius 2 is 1.29 bits per heavy atom. The molecular formula is C34H29ClF9NO2S. The van der Waals surface area contributed by atoms with Crippen molar-refractivity contribution in [1.82, 2.24) is 4.90 Å². The summed E-state index contributed by atoms with van der Waals surface area (Å²) in [6, 6.07) is 24.8. The number of aliphatic hydroxyl groups is 1. The molecule has 0 atom stereocenters. The molecule has 0 heterocycles. The number of halogens is 10. The van der Waals surface area contributed by atoms with Crippen LogP contribution in [-0.2, 0) is 18.3 Å². The lowest BCUT2D eigenvalue weighted by atomic mass is 9.90. The van der Waals surface area contributed by atoms with Crippen molar-refractivity contribution in [2.45, 2.75) is 47.9 Å². The third-order valence-electron chi connectivity index (χ3n) is 7.69. The first-order chi connectivity index (χ1) is 22.4. The summed E-state index contributed by atoms with van der Waals surface area (Å²) in [7, 11) is 0. The van der Waals surface area contributed by atoms with Crippen LogP contribution in [0.4, 0.5) is 39.5 Å². The fourth-order valence-corrected chi connectivity index (χ4v) is 5.94. The van der Waals surface area contributed by atoms with Gasteiger partial charge < -0.3 is 9.84 Å². The number of ether oxygens (including phenoxy) is 1. The fourth-order valence-electron chi connectivity index (χ4n) is 5.28. The number of hydrogen-bond donors (Lipinski definition) is 2. The molecule has 0 aliphatic heterocycles. The van der Waals surface area contributed by atoms with Gasteiger partial charge in [0.2, 0.25) is 0 Å². The van der Waals surface area contributed by atoms with Crippen molar-refractivity contribution in [3.8, 4) is 5.75 Å². The highest BCUT2D eigenvalue weighted by atomic mass is 35.5. The first-order valence-corrected chi connectivity index (χ1v) is 15.2. The molecule has 0 aliphatic carbocycles. The number of thiol groups is 1. The number of rotatable bonds is 12. The summed E-state index contributed by atoms with van der Waals surface area (Å²) in [6.45, 7) is 0.575. The van der Waals surface area contributed by atoms with Gasteiger partial charge in [0.15, 0.2) is 0 Å². The van der Waals surface area contributed by atoms with E-state index in [0.29, 0.717) is 12.6 Å². The molecule has 48 heavy (non-hydrogen) atoms. The Labute approximate surface area is 281 Å². The normalized spacial score (nSPS) is 13.0. The van der Waals surface area contributed by atoms with Gasteiger partial charge in [0, 0.05) is 36.0 Å². The van der Waals surface area contributed by atoms with E-state index in [1.165, 1.54) is 12.1 Å². The van der Waals surface area contributed by atoms with Crippen LogP contribution in [0.25, 0.3) is 0 Å². The quantitative estimate of drug-likeness (QED) is 0.0868. The Kier molecular flexibility index (Phi) is 11.7. The molecule has 4 aromatic rings. The van der Waals surface area contributed by atoms with Crippen molar-refractivity contribution in [3.05, 3.63) is 130 Å². The van der Waals surface area contributed by atoms with Crippen molar-refractivity contribution in [2.75, 3.05) is 19.7 Å². The van der Waals surface area contributed by atoms with Gasteiger partial charge in [-0.25, -0.2) is 0 Å². The third-order valence-corrected chi connectivity index (χ3v) is 8.51. The van der Waals surface area contributed by atoms with E-state index in [4.69, 9.17) is 16.3 Å². The van der Waals surface area contributed by atoms with Crippen LogP contribution in [0.5, 0.6) is 5.75 Å². The van der Waals surface area contributed by atoms with E-state index in [0.717, 1.165) is 29.3 Å². The van der Waals surface area contributed by atoms with Gasteiger partial charge in [-0.15, -0.1) is 12.6 Å². The Morgan fingerprint density at radius 1 is 0.729 bits per heavy atom. The van der Waals surface area contributed by atoms with Crippen LogP contribution in [0.15, 0.2) is 102 Å². The van der Waals surface area contributed by atoms with E-state index >= 15 is 0 Å². The maximum Gasteiger partial charge on any atom is 0.430 e. The Bertz CT molecular complexity index is 1600. The van der Waals surface area contributed by atoms with Crippen LogP contribution in [0, 0.1) is 0 Å². The number of hydrogen-bond acceptors (Lipinski definition) is 4. The SMILES string of the molecule is OC(c1ccc(OCCCN(Cc2cccc(C(F)(F)F)c2Cl)CC(c2ccccc2)c2ccccc2)cc1S)(C(F)(F)F)C(F)(F)F. The molecule has 0 radical (unpaired) electrons. The maximum atomic E-state index is 13.6. The second-order valence-corrected chi connectivity index (χ2v) is 11.8. The maximum absolute atomic E-state index is 13.6. The monoisotopic (exact) mass is 721 g/mol. The van der Waals surface area contributed by atoms with Crippen LogP contribution in [0.1, 0.15) is 40.2 Å². The molecule has 0 saturated heterocycles. The highest BCUT2D eigenvalue weighted by molar-refractivity contribution is 7.80. The van der Waals surface area contributed by atoms with E-state index in [9.17, 15) is 44.6 Å². The zero-order valence-electron chi connectivity index (χ0n) is 24.9. The molecular weight excluding hydrogens is 693 g/mol. The Morgan fingerprint density at radius 3 is 1.79 bits per heavy atom. The van der Waals surface area contributed by atoms with Crippen molar-refractivity contribution in [1.29, 1.82) is 0 Å². The van der Waals surface area contributed by atoms with E-state index in [2.05, 4.69) is 12.6 Å². The lowest BCUT2D eigenvalue weighted by Crippen LogP contribution is -2.54. The van der Waals surface area contributed by atoms with Crippen LogP contribution >= 0.6 is 24.2 Å². The first kappa shape index (κ1) is 37.4. The predicted molar refractivity (Wildman–Crippen MR) is 166 cm³/mol. The molecule has 4 aromatic carbocycles. The minimum Gasteiger partial charge on any atom is -0.494 e. The molecule has 0 aliphatic rings. The molecule has 0 saturated carbocycles. The van der Waals surface area contributed by atoms with Gasteiger partial charge >= 0.3 is 18.5 Å². The largest absolute Gasteiger partial charge is 0.494 e. The van der Waals surface area contributed by atoms with Gasteiger partial charge in [-0.3, -0.25) is 4.90 Å². The minimum absolute atomic E-state index is 0.0296. The molecule has 0 bridgehead atoms. The van der Waals surface area contributed by atoms with Crippen molar-refractivity contribution < 1.29 is 49.4 Å². The molecule has 3 nitrogen and oxygen atoms in total. The van der Waals surface area contributed by atoms with Gasteiger partial charge in [0.25, 0.3) is 5.60 Å². The molecule has 0 aromatic heterocycles. The molecule has 0 fully saturated rings. The summed E-state index contributed by atoms with van der Waals surface area (Å²) in [4.78, 5) is 1.11. The summed E-state index contributed by atoms with van der Waals surface area (Å²) in [6.07, 6.45) is -16.6.